The summed E-state index contributed by atoms with van der Waals surface area (Å²) in [6, 6.07) is 11.2. The van der Waals surface area contributed by atoms with Crippen molar-refractivity contribution in [2.45, 2.75) is 31.2 Å². The lowest BCUT2D eigenvalue weighted by molar-refractivity contribution is -0.116. The Labute approximate surface area is 192 Å². The lowest BCUT2D eigenvalue weighted by Gasteiger charge is -2.29. The standard InChI is InChI=1S/C23H26N4O5S/c1-16-8-10-27(11-9-16)33(30,31)19-6-7-21-20(13-19)23(29)26(15-24-21)14-22(28)25-17-4-3-5-18(12-17)32-2/h3-7,12-13,15-16H,8-11,14H2,1-2H3,(H,25,28). The van der Waals surface area contributed by atoms with Crippen LogP contribution in [0.2, 0.25) is 0 Å². The Hall–Kier alpha value is -3.24. The quantitative estimate of drug-likeness (QED) is 0.593. The van der Waals surface area contributed by atoms with Crippen molar-refractivity contribution in [2.24, 2.45) is 5.92 Å². The van der Waals surface area contributed by atoms with E-state index in [2.05, 4.69) is 17.2 Å². The second-order valence-corrected chi connectivity index (χ2v) is 10.2. The van der Waals surface area contributed by atoms with Gasteiger partial charge in [0.25, 0.3) is 5.56 Å². The number of sulfonamides is 1. The molecular formula is C23H26N4O5S. The predicted molar refractivity (Wildman–Crippen MR) is 125 cm³/mol. The zero-order chi connectivity index (χ0) is 23.6. The van der Waals surface area contributed by atoms with Crippen LogP contribution in [-0.4, -0.2) is 48.4 Å². The third-order valence-corrected chi connectivity index (χ3v) is 7.74. The maximum absolute atomic E-state index is 13.1. The second-order valence-electron chi connectivity index (χ2n) is 8.22. The van der Waals surface area contributed by atoms with Crippen LogP contribution in [0.3, 0.4) is 0 Å². The summed E-state index contributed by atoms with van der Waals surface area (Å²) in [6.07, 6.45) is 2.91. The van der Waals surface area contributed by atoms with Gasteiger partial charge in [0.2, 0.25) is 15.9 Å². The number of anilines is 1. The molecule has 0 atom stereocenters. The molecule has 10 heteroatoms. The highest BCUT2D eigenvalue weighted by Gasteiger charge is 2.28. The summed E-state index contributed by atoms with van der Waals surface area (Å²) in [4.78, 5) is 29.8. The fourth-order valence-electron chi connectivity index (χ4n) is 3.84. The molecule has 0 unspecified atom stereocenters. The van der Waals surface area contributed by atoms with Crippen molar-refractivity contribution >= 4 is 32.5 Å². The maximum atomic E-state index is 13.1. The minimum atomic E-state index is -3.71. The van der Waals surface area contributed by atoms with Gasteiger partial charge in [0.15, 0.2) is 0 Å². The molecule has 1 amide bonds. The molecule has 0 spiro atoms. The third-order valence-electron chi connectivity index (χ3n) is 5.84. The molecule has 4 rings (SSSR count). The molecule has 174 valence electrons. The van der Waals surface area contributed by atoms with E-state index in [-0.39, 0.29) is 16.8 Å². The van der Waals surface area contributed by atoms with Gasteiger partial charge in [-0.2, -0.15) is 4.31 Å². The highest BCUT2D eigenvalue weighted by Crippen LogP contribution is 2.24. The van der Waals surface area contributed by atoms with Gasteiger partial charge in [-0.25, -0.2) is 13.4 Å². The van der Waals surface area contributed by atoms with Crippen molar-refractivity contribution in [3.63, 3.8) is 0 Å². The summed E-state index contributed by atoms with van der Waals surface area (Å²) >= 11 is 0. The molecule has 1 aliphatic heterocycles. The Kier molecular flexibility index (Phi) is 6.48. The van der Waals surface area contributed by atoms with Crippen LogP contribution in [0.5, 0.6) is 5.75 Å². The monoisotopic (exact) mass is 470 g/mol. The molecule has 0 aliphatic carbocycles. The summed E-state index contributed by atoms with van der Waals surface area (Å²) in [5.74, 6) is 0.666. The van der Waals surface area contributed by atoms with Crippen LogP contribution in [0.4, 0.5) is 5.69 Å². The van der Waals surface area contributed by atoms with E-state index in [0.29, 0.717) is 36.0 Å². The lowest BCUT2D eigenvalue weighted by Crippen LogP contribution is -2.38. The fraction of sp³-hybridized carbons (Fsp3) is 0.348. The van der Waals surface area contributed by atoms with Crippen LogP contribution in [0.25, 0.3) is 10.9 Å². The highest BCUT2D eigenvalue weighted by atomic mass is 32.2. The number of ether oxygens (including phenoxy) is 1. The normalized spacial score (nSPS) is 15.5. The molecule has 0 bridgehead atoms. The highest BCUT2D eigenvalue weighted by molar-refractivity contribution is 7.89. The lowest BCUT2D eigenvalue weighted by atomic mass is 10.0. The molecule has 0 saturated carbocycles. The van der Waals surface area contributed by atoms with E-state index in [1.165, 1.54) is 35.9 Å². The van der Waals surface area contributed by atoms with E-state index in [9.17, 15) is 18.0 Å². The summed E-state index contributed by atoms with van der Waals surface area (Å²) < 4.78 is 33.9. The Morgan fingerprint density at radius 2 is 1.94 bits per heavy atom. The first-order valence-corrected chi connectivity index (χ1v) is 12.1. The summed E-state index contributed by atoms with van der Waals surface area (Å²) in [5.41, 5.74) is 0.422. The first kappa shape index (κ1) is 22.9. The van der Waals surface area contributed by atoms with Gasteiger partial charge in [-0.3, -0.25) is 14.2 Å². The predicted octanol–water partition coefficient (Wildman–Crippen LogP) is 2.46. The molecule has 33 heavy (non-hydrogen) atoms. The van der Waals surface area contributed by atoms with Crippen molar-refractivity contribution < 1.29 is 17.9 Å². The maximum Gasteiger partial charge on any atom is 0.261 e. The number of carbonyl (C=O) groups is 1. The minimum absolute atomic E-state index is 0.0574. The number of fused-ring (bicyclic) bond motifs is 1. The molecule has 1 saturated heterocycles. The number of hydrogen-bond donors (Lipinski definition) is 1. The zero-order valence-electron chi connectivity index (χ0n) is 18.5. The average Bonchev–Trinajstić information content (AvgIpc) is 2.81. The number of hydrogen-bond acceptors (Lipinski definition) is 6. The SMILES string of the molecule is COc1cccc(NC(=O)Cn2cnc3ccc(S(=O)(=O)N4CCC(C)CC4)cc3c2=O)c1. The Balaban J connectivity index is 1.58. The van der Waals surface area contributed by atoms with Crippen molar-refractivity contribution in [3.8, 4) is 5.75 Å². The number of nitrogens with one attached hydrogen (secondary N) is 1. The van der Waals surface area contributed by atoms with Crippen LogP contribution >= 0.6 is 0 Å². The van der Waals surface area contributed by atoms with E-state index in [4.69, 9.17) is 4.74 Å². The number of carbonyl (C=O) groups excluding carboxylic acids is 1. The largest absolute Gasteiger partial charge is 0.497 e. The Morgan fingerprint density at radius 1 is 1.18 bits per heavy atom. The second kappa shape index (κ2) is 9.32. The number of benzene rings is 2. The number of amides is 1. The Bertz CT molecular complexity index is 1340. The number of rotatable bonds is 6. The van der Waals surface area contributed by atoms with E-state index in [0.717, 1.165) is 17.4 Å². The van der Waals surface area contributed by atoms with Gasteiger partial charge in [-0.15, -0.1) is 0 Å². The van der Waals surface area contributed by atoms with Gasteiger partial charge in [-0.1, -0.05) is 13.0 Å². The molecule has 2 aromatic carbocycles. The molecular weight excluding hydrogens is 444 g/mol. The van der Waals surface area contributed by atoms with Crippen LogP contribution < -0.4 is 15.6 Å². The van der Waals surface area contributed by atoms with Crippen LogP contribution in [0, 0.1) is 5.92 Å². The molecule has 9 nitrogen and oxygen atoms in total. The fourth-order valence-corrected chi connectivity index (χ4v) is 5.34. The number of aromatic nitrogens is 2. The molecule has 1 aromatic heterocycles. The van der Waals surface area contributed by atoms with Gasteiger partial charge >= 0.3 is 0 Å². The van der Waals surface area contributed by atoms with E-state index < -0.39 is 21.5 Å². The number of nitrogens with zero attached hydrogens (tertiary/aromatic N) is 3. The van der Waals surface area contributed by atoms with Gasteiger partial charge in [0, 0.05) is 24.8 Å². The summed E-state index contributed by atoms with van der Waals surface area (Å²) in [7, 11) is -2.18. The van der Waals surface area contributed by atoms with Crippen LogP contribution in [0.1, 0.15) is 19.8 Å². The molecule has 3 aromatic rings. The van der Waals surface area contributed by atoms with Gasteiger partial charge in [0.1, 0.15) is 12.3 Å². The summed E-state index contributed by atoms with van der Waals surface area (Å²) in [6.45, 7) is 2.77. The van der Waals surface area contributed by atoms with Gasteiger partial charge < -0.3 is 10.1 Å². The van der Waals surface area contributed by atoms with Crippen molar-refractivity contribution in [2.75, 3.05) is 25.5 Å². The van der Waals surface area contributed by atoms with Gasteiger partial charge in [0.05, 0.1) is 29.2 Å². The van der Waals surface area contributed by atoms with E-state index >= 15 is 0 Å². The molecule has 2 heterocycles. The first-order valence-electron chi connectivity index (χ1n) is 10.7. The molecule has 0 radical (unpaired) electrons. The van der Waals surface area contributed by atoms with Crippen molar-refractivity contribution in [1.29, 1.82) is 0 Å². The molecule has 1 N–H and O–H groups in total. The van der Waals surface area contributed by atoms with Crippen molar-refractivity contribution in [3.05, 3.63) is 59.1 Å². The third kappa shape index (κ3) is 4.91. The van der Waals surface area contributed by atoms with Crippen LogP contribution in [0.15, 0.2) is 58.5 Å². The average molecular weight is 471 g/mol. The summed E-state index contributed by atoms with van der Waals surface area (Å²) in [5, 5.41) is 2.86. The van der Waals surface area contributed by atoms with E-state index in [1.807, 2.05) is 0 Å². The topological polar surface area (TPSA) is 111 Å². The van der Waals surface area contributed by atoms with E-state index in [1.54, 1.807) is 24.3 Å². The molecule has 1 aliphatic rings. The number of methoxy groups -OCH3 is 1. The Morgan fingerprint density at radius 3 is 2.67 bits per heavy atom. The number of piperidine rings is 1. The van der Waals surface area contributed by atoms with Crippen LogP contribution in [-0.2, 0) is 21.4 Å². The smallest absolute Gasteiger partial charge is 0.261 e. The minimum Gasteiger partial charge on any atom is -0.497 e. The van der Waals surface area contributed by atoms with Crippen molar-refractivity contribution in [1.82, 2.24) is 13.9 Å². The zero-order valence-corrected chi connectivity index (χ0v) is 19.3. The van der Waals surface area contributed by atoms with Gasteiger partial charge in [-0.05, 0) is 49.1 Å². The molecule has 1 fully saturated rings. The first-order chi connectivity index (χ1) is 15.8.